The fourth-order valence-corrected chi connectivity index (χ4v) is 2.10. The highest BCUT2D eigenvalue weighted by atomic mass is 16.6. The average Bonchev–Trinajstić information content (AvgIpc) is 2.46. The molecule has 0 spiro atoms. The number of aryl methyl sites for hydroxylation is 1. The first-order valence-corrected chi connectivity index (χ1v) is 6.12. The number of para-hydroxylation sites is 2. The number of benzene rings is 2. The number of rotatable bonds is 2. The van der Waals surface area contributed by atoms with Gasteiger partial charge in [-0.25, -0.2) is 4.98 Å². The van der Waals surface area contributed by atoms with Gasteiger partial charge in [0, 0.05) is 6.07 Å². The maximum atomic E-state index is 11.2. The van der Waals surface area contributed by atoms with Gasteiger partial charge in [0.05, 0.1) is 33.4 Å². The van der Waals surface area contributed by atoms with Crippen molar-refractivity contribution in [3.05, 3.63) is 64.3 Å². The summed E-state index contributed by atoms with van der Waals surface area (Å²) in [4.78, 5) is 19.5. The molecule has 0 aliphatic rings. The third-order valence-corrected chi connectivity index (χ3v) is 3.07. The summed E-state index contributed by atoms with van der Waals surface area (Å²) in [6.07, 6.45) is 1.57. The molecule has 0 bridgehead atoms. The van der Waals surface area contributed by atoms with Gasteiger partial charge in [0.2, 0.25) is 0 Å². The van der Waals surface area contributed by atoms with Crippen molar-refractivity contribution in [3.63, 3.8) is 0 Å². The Kier molecular flexibility index (Phi) is 2.87. The minimum absolute atomic E-state index is 0.0505. The third kappa shape index (κ3) is 2.09. The zero-order chi connectivity index (χ0) is 14.1. The van der Waals surface area contributed by atoms with Crippen molar-refractivity contribution in [2.45, 2.75) is 6.92 Å². The summed E-state index contributed by atoms with van der Waals surface area (Å²) >= 11 is 0. The van der Waals surface area contributed by atoms with E-state index in [2.05, 4.69) is 9.97 Å². The highest BCUT2D eigenvalue weighted by Gasteiger charge is 2.16. The topological polar surface area (TPSA) is 68.9 Å². The van der Waals surface area contributed by atoms with Crippen molar-refractivity contribution in [2.24, 2.45) is 0 Å². The standard InChI is InChI=1S/C15H11N3O2/c1-10-6-7-11(15(8-10)18(19)20)14-9-16-12-4-2-3-5-13(12)17-14/h2-9H,1H3. The quantitative estimate of drug-likeness (QED) is 0.525. The second kappa shape index (κ2) is 4.70. The number of fused-ring (bicyclic) bond motifs is 1. The van der Waals surface area contributed by atoms with Crippen molar-refractivity contribution >= 4 is 16.7 Å². The molecule has 3 rings (SSSR count). The first kappa shape index (κ1) is 12.2. The number of hydrogen-bond acceptors (Lipinski definition) is 4. The summed E-state index contributed by atoms with van der Waals surface area (Å²) in [5, 5.41) is 11.2. The van der Waals surface area contributed by atoms with Crippen molar-refractivity contribution in [1.82, 2.24) is 9.97 Å². The summed E-state index contributed by atoms with van der Waals surface area (Å²) in [5.41, 5.74) is 3.38. The molecule has 0 aliphatic carbocycles. The first-order chi connectivity index (χ1) is 9.65. The van der Waals surface area contributed by atoms with Gasteiger partial charge in [0.25, 0.3) is 5.69 Å². The molecular weight excluding hydrogens is 254 g/mol. The second-order valence-electron chi connectivity index (χ2n) is 4.52. The minimum atomic E-state index is -0.390. The Labute approximate surface area is 115 Å². The van der Waals surface area contributed by atoms with Crippen molar-refractivity contribution in [3.8, 4) is 11.3 Å². The van der Waals surface area contributed by atoms with Crippen LogP contribution < -0.4 is 0 Å². The summed E-state index contributed by atoms with van der Waals surface area (Å²) < 4.78 is 0. The van der Waals surface area contributed by atoms with Crippen molar-refractivity contribution in [2.75, 3.05) is 0 Å². The monoisotopic (exact) mass is 265 g/mol. The Morgan fingerprint density at radius 2 is 1.85 bits per heavy atom. The van der Waals surface area contributed by atoms with Crippen LogP contribution in [0.2, 0.25) is 0 Å². The van der Waals surface area contributed by atoms with Crippen LogP contribution >= 0.6 is 0 Å². The van der Waals surface area contributed by atoms with Crippen molar-refractivity contribution < 1.29 is 4.92 Å². The molecule has 98 valence electrons. The Balaban J connectivity index is 2.22. The average molecular weight is 265 g/mol. The molecule has 1 heterocycles. The lowest BCUT2D eigenvalue weighted by atomic mass is 10.1. The summed E-state index contributed by atoms with van der Waals surface area (Å²) in [7, 11) is 0. The molecule has 5 nitrogen and oxygen atoms in total. The molecule has 3 aromatic rings. The Bertz CT molecular complexity index is 815. The Morgan fingerprint density at radius 3 is 2.60 bits per heavy atom. The maximum Gasteiger partial charge on any atom is 0.279 e. The zero-order valence-electron chi connectivity index (χ0n) is 10.8. The molecule has 5 heteroatoms. The van der Waals surface area contributed by atoms with E-state index in [-0.39, 0.29) is 10.6 Å². The molecule has 0 amide bonds. The van der Waals surface area contributed by atoms with E-state index in [1.54, 1.807) is 18.3 Å². The smallest absolute Gasteiger partial charge is 0.258 e. The van der Waals surface area contributed by atoms with Crippen LogP contribution in [0.5, 0.6) is 0 Å². The van der Waals surface area contributed by atoms with E-state index >= 15 is 0 Å². The van der Waals surface area contributed by atoms with E-state index in [9.17, 15) is 10.1 Å². The van der Waals surface area contributed by atoms with Crippen LogP contribution in [0, 0.1) is 17.0 Å². The van der Waals surface area contributed by atoms with E-state index in [1.165, 1.54) is 0 Å². The van der Waals surface area contributed by atoms with E-state index in [0.717, 1.165) is 16.6 Å². The fraction of sp³-hybridized carbons (Fsp3) is 0.0667. The highest BCUT2D eigenvalue weighted by molar-refractivity contribution is 5.79. The molecule has 0 unspecified atom stereocenters. The molecule has 0 saturated heterocycles. The molecule has 0 atom stereocenters. The lowest BCUT2D eigenvalue weighted by Gasteiger charge is -2.04. The number of nitrogens with zero attached hydrogens (tertiary/aromatic N) is 3. The van der Waals surface area contributed by atoms with Gasteiger partial charge in [-0.2, -0.15) is 0 Å². The van der Waals surface area contributed by atoms with Gasteiger partial charge in [-0.15, -0.1) is 0 Å². The maximum absolute atomic E-state index is 11.2. The number of nitro groups is 1. The molecule has 0 radical (unpaired) electrons. The van der Waals surface area contributed by atoms with Gasteiger partial charge in [-0.3, -0.25) is 15.1 Å². The van der Waals surface area contributed by atoms with Crippen LogP contribution in [0.4, 0.5) is 5.69 Å². The van der Waals surface area contributed by atoms with Crippen LogP contribution in [-0.2, 0) is 0 Å². The first-order valence-electron chi connectivity index (χ1n) is 6.12. The van der Waals surface area contributed by atoms with Crippen LogP contribution in [0.1, 0.15) is 5.56 Å². The van der Waals surface area contributed by atoms with Gasteiger partial charge < -0.3 is 0 Å². The van der Waals surface area contributed by atoms with Crippen LogP contribution in [0.15, 0.2) is 48.7 Å². The number of nitro benzene ring substituents is 1. The summed E-state index contributed by atoms with van der Waals surface area (Å²) in [5.74, 6) is 0. The van der Waals surface area contributed by atoms with Crippen LogP contribution in [0.3, 0.4) is 0 Å². The highest BCUT2D eigenvalue weighted by Crippen LogP contribution is 2.29. The molecule has 0 N–H and O–H groups in total. The lowest BCUT2D eigenvalue weighted by Crippen LogP contribution is -1.95. The summed E-state index contributed by atoms with van der Waals surface area (Å²) in [6, 6.07) is 12.5. The second-order valence-corrected chi connectivity index (χ2v) is 4.52. The van der Waals surface area contributed by atoms with Gasteiger partial charge in [0.1, 0.15) is 0 Å². The van der Waals surface area contributed by atoms with Gasteiger partial charge in [-0.05, 0) is 30.7 Å². The molecule has 1 aromatic heterocycles. The van der Waals surface area contributed by atoms with E-state index in [4.69, 9.17) is 0 Å². The van der Waals surface area contributed by atoms with E-state index in [0.29, 0.717) is 11.3 Å². The number of aromatic nitrogens is 2. The minimum Gasteiger partial charge on any atom is -0.258 e. The number of hydrogen-bond donors (Lipinski definition) is 0. The molecule has 0 fully saturated rings. The Morgan fingerprint density at radius 1 is 1.10 bits per heavy atom. The van der Waals surface area contributed by atoms with E-state index in [1.807, 2.05) is 37.3 Å². The molecule has 20 heavy (non-hydrogen) atoms. The van der Waals surface area contributed by atoms with Gasteiger partial charge in [0.15, 0.2) is 0 Å². The summed E-state index contributed by atoms with van der Waals surface area (Å²) in [6.45, 7) is 1.82. The van der Waals surface area contributed by atoms with Crippen molar-refractivity contribution in [1.29, 1.82) is 0 Å². The van der Waals surface area contributed by atoms with E-state index < -0.39 is 0 Å². The van der Waals surface area contributed by atoms with Crippen LogP contribution in [-0.4, -0.2) is 14.9 Å². The SMILES string of the molecule is Cc1ccc(-c2cnc3ccccc3n2)c([N+](=O)[O-])c1. The normalized spacial score (nSPS) is 10.7. The molecule has 2 aromatic carbocycles. The lowest BCUT2D eigenvalue weighted by molar-refractivity contribution is -0.384. The largest absolute Gasteiger partial charge is 0.279 e. The molecule has 0 aliphatic heterocycles. The third-order valence-electron chi connectivity index (χ3n) is 3.07. The van der Waals surface area contributed by atoms with Gasteiger partial charge in [-0.1, -0.05) is 18.2 Å². The predicted octanol–water partition coefficient (Wildman–Crippen LogP) is 3.51. The Hall–Kier alpha value is -2.82. The fourth-order valence-electron chi connectivity index (χ4n) is 2.10. The zero-order valence-corrected chi connectivity index (χ0v) is 10.8. The molecular formula is C15H11N3O2. The molecule has 0 saturated carbocycles. The van der Waals surface area contributed by atoms with Gasteiger partial charge >= 0.3 is 0 Å². The van der Waals surface area contributed by atoms with Crippen LogP contribution in [0.25, 0.3) is 22.3 Å². The predicted molar refractivity (Wildman–Crippen MR) is 76.4 cm³/mol.